The van der Waals surface area contributed by atoms with Crippen molar-refractivity contribution in [3.05, 3.63) is 0 Å². The standard InChI is InChI=1S/C11H20N2O5/c1-3-12-7-6-9(14)13-8(11(16)17)4-5-10(15)18-2/h8,12H,3-7H2,1-2H3,(H,13,14)(H,16,17)/t8-/m1/s1. The van der Waals surface area contributed by atoms with Gasteiger partial charge in [-0.25, -0.2) is 4.79 Å². The second kappa shape index (κ2) is 9.41. The second-order valence-electron chi connectivity index (χ2n) is 3.68. The van der Waals surface area contributed by atoms with Gasteiger partial charge in [0.15, 0.2) is 0 Å². The van der Waals surface area contributed by atoms with Crippen LogP contribution in [0.2, 0.25) is 0 Å². The summed E-state index contributed by atoms with van der Waals surface area (Å²) >= 11 is 0. The molecule has 0 aromatic carbocycles. The van der Waals surface area contributed by atoms with Gasteiger partial charge in [-0.05, 0) is 13.0 Å². The Morgan fingerprint density at radius 2 is 1.94 bits per heavy atom. The van der Waals surface area contributed by atoms with Crippen molar-refractivity contribution >= 4 is 17.8 Å². The molecule has 104 valence electrons. The zero-order valence-corrected chi connectivity index (χ0v) is 10.7. The van der Waals surface area contributed by atoms with Gasteiger partial charge >= 0.3 is 11.9 Å². The summed E-state index contributed by atoms with van der Waals surface area (Å²) in [6.07, 6.45) is 0.186. The Bertz CT molecular complexity index is 293. The summed E-state index contributed by atoms with van der Waals surface area (Å²) in [4.78, 5) is 33.2. The van der Waals surface area contributed by atoms with Crippen LogP contribution in [0.5, 0.6) is 0 Å². The average Bonchev–Trinajstić information content (AvgIpc) is 2.33. The van der Waals surface area contributed by atoms with Gasteiger partial charge in [0, 0.05) is 19.4 Å². The molecule has 0 aliphatic rings. The van der Waals surface area contributed by atoms with Crippen molar-refractivity contribution in [1.82, 2.24) is 10.6 Å². The van der Waals surface area contributed by atoms with Crippen molar-refractivity contribution in [2.45, 2.75) is 32.2 Å². The van der Waals surface area contributed by atoms with Crippen LogP contribution in [0.4, 0.5) is 0 Å². The summed E-state index contributed by atoms with van der Waals surface area (Å²) in [5.74, 6) is -2.01. The van der Waals surface area contributed by atoms with Crippen molar-refractivity contribution in [2.75, 3.05) is 20.2 Å². The highest BCUT2D eigenvalue weighted by atomic mass is 16.5. The van der Waals surface area contributed by atoms with E-state index >= 15 is 0 Å². The van der Waals surface area contributed by atoms with Crippen molar-refractivity contribution in [1.29, 1.82) is 0 Å². The van der Waals surface area contributed by atoms with Gasteiger partial charge in [0.05, 0.1) is 7.11 Å². The summed E-state index contributed by atoms with van der Waals surface area (Å²) in [6, 6.07) is -1.06. The number of methoxy groups -OCH3 is 1. The molecule has 0 saturated carbocycles. The molecule has 18 heavy (non-hydrogen) atoms. The van der Waals surface area contributed by atoms with E-state index in [9.17, 15) is 14.4 Å². The Kier molecular flexibility index (Phi) is 8.55. The molecule has 0 spiro atoms. The Labute approximate surface area is 106 Å². The van der Waals surface area contributed by atoms with Crippen LogP contribution in [0, 0.1) is 0 Å². The number of hydrogen-bond acceptors (Lipinski definition) is 5. The van der Waals surface area contributed by atoms with Crippen LogP contribution in [0.1, 0.15) is 26.2 Å². The van der Waals surface area contributed by atoms with Crippen molar-refractivity contribution < 1.29 is 24.2 Å². The Morgan fingerprint density at radius 3 is 2.44 bits per heavy atom. The van der Waals surface area contributed by atoms with Crippen molar-refractivity contribution in [3.8, 4) is 0 Å². The Morgan fingerprint density at radius 1 is 1.28 bits per heavy atom. The number of carboxylic acid groups (broad SMARTS) is 1. The predicted octanol–water partition coefficient (Wildman–Crippen LogP) is -0.491. The van der Waals surface area contributed by atoms with Gasteiger partial charge in [-0.1, -0.05) is 6.92 Å². The average molecular weight is 260 g/mol. The number of hydrogen-bond donors (Lipinski definition) is 3. The fourth-order valence-electron chi connectivity index (χ4n) is 1.27. The SMILES string of the molecule is CCNCCC(=O)N[C@H](CCC(=O)OC)C(=O)O. The second-order valence-corrected chi connectivity index (χ2v) is 3.68. The normalized spacial score (nSPS) is 11.7. The molecule has 0 aromatic heterocycles. The third-order valence-corrected chi connectivity index (χ3v) is 2.28. The molecule has 7 heteroatoms. The molecular weight excluding hydrogens is 240 g/mol. The van der Waals surface area contributed by atoms with Gasteiger partial charge in [-0.15, -0.1) is 0 Å². The first-order valence-corrected chi connectivity index (χ1v) is 5.81. The number of carbonyl (C=O) groups is 3. The molecule has 0 bridgehead atoms. The molecule has 0 heterocycles. The lowest BCUT2D eigenvalue weighted by atomic mass is 10.1. The quantitative estimate of drug-likeness (QED) is 0.381. The lowest BCUT2D eigenvalue weighted by Gasteiger charge is -2.13. The lowest BCUT2D eigenvalue weighted by Crippen LogP contribution is -2.42. The molecule has 7 nitrogen and oxygen atoms in total. The minimum absolute atomic E-state index is 0.0228. The highest BCUT2D eigenvalue weighted by molar-refractivity contribution is 5.84. The van der Waals surface area contributed by atoms with E-state index in [1.165, 1.54) is 7.11 Å². The van der Waals surface area contributed by atoms with Gasteiger partial charge in [0.2, 0.25) is 5.91 Å². The summed E-state index contributed by atoms with van der Waals surface area (Å²) in [7, 11) is 1.23. The first kappa shape index (κ1) is 16.4. The molecule has 0 aliphatic carbocycles. The summed E-state index contributed by atoms with van der Waals surface area (Å²) in [6.45, 7) is 3.15. The molecule has 0 aliphatic heterocycles. The number of amides is 1. The largest absolute Gasteiger partial charge is 0.480 e. The first-order chi connectivity index (χ1) is 8.51. The van der Waals surface area contributed by atoms with Crippen LogP contribution in [-0.2, 0) is 19.1 Å². The van der Waals surface area contributed by atoms with Gasteiger partial charge in [-0.2, -0.15) is 0 Å². The van der Waals surface area contributed by atoms with E-state index in [-0.39, 0.29) is 25.2 Å². The monoisotopic (exact) mass is 260 g/mol. The molecule has 0 aromatic rings. The maximum atomic E-state index is 11.4. The Hall–Kier alpha value is -1.63. The zero-order chi connectivity index (χ0) is 14.0. The minimum atomic E-state index is -1.16. The number of rotatable bonds is 9. The van der Waals surface area contributed by atoms with Gasteiger partial charge < -0.3 is 20.5 Å². The third-order valence-electron chi connectivity index (χ3n) is 2.28. The number of esters is 1. The van der Waals surface area contributed by atoms with E-state index < -0.39 is 18.0 Å². The maximum absolute atomic E-state index is 11.4. The van der Waals surface area contributed by atoms with Crippen LogP contribution in [0.3, 0.4) is 0 Å². The van der Waals surface area contributed by atoms with Crippen LogP contribution in [0.15, 0.2) is 0 Å². The molecule has 0 radical (unpaired) electrons. The Balaban J connectivity index is 4.06. The number of nitrogens with one attached hydrogen (secondary N) is 2. The van der Waals surface area contributed by atoms with Crippen molar-refractivity contribution in [3.63, 3.8) is 0 Å². The highest BCUT2D eigenvalue weighted by Gasteiger charge is 2.20. The molecule has 1 atom stereocenters. The molecule has 0 saturated heterocycles. The number of aliphatic carboxylic acids is 1. The number of ether oxygens (including phenoxy) is 1. The number of carbonyl (C=O) groups excluding carboxylic acids is 2. The van der Waals surface area contributed by atoms with E-state index in [0.29, 0.717) is 6.54 Å². The van der Waals surface area contributed by atoms with Gasteiger partial charge in [-0.3, -0.25) is 9.59 Å². The van der Waals surface area contributed by atoms with Crippen LogP contribution in [0.25, 0.3) is 0 Å². The summed E-state index contributed by atoms with van der Waals surface area (Å²) < 4.78 is 4.41. The molecule has 1 amide bonds. The minimum Gasteiger partial charge on any atom is -0.480 e. The van der Waals surface area contributed by atoms with Crippen LogP contribution in [-0.4, -0.2) is 49.2 Å². The third kappa shape index (κ3) is 7.61. The van der Waals surface area contributed by atoms with Crippen LogP contribution < -0.4 is 10.6 Å². The van der Waals surface area contributed by atoms with Crippen LogP contribution >= 0.6 is 0 Å². The van der Waals surface area contributed by atoms with Crippen molar-refractivity contribution in [2.24, 2.45) is 0 Å². The smallest absolute Gasteiger partial charge is 0.326 e. The van der Waals surface area contributed by atoms with E-state index in [0.717, 1.165) is 6.54 Å². The van der Waals surface area contributed by atoms with Gasteiger partial charge in [0.1, 0.15) is 6.04 Å². The summed E-state index contributed by atoms with van der Waals surface area (Å²) in [5, 5.41) is 14.2. The molecule has 0 rings (SSSR count). The predicted molar refractivity (Wildman–Crippen MR) is 64.0 cm³/mol. The lowest BCUT2D eigenvalue weighted by molar-refractivity contribution is -0.144. The van der Waals surface area contributed by atoms with E-state index in [1.807, 2.05) is 6.92 Å². The number of carboxylic acids is 1. The van der Waals surface area contributed by atoms with E-state index in [1.54, 1.807) is 0 Å². The summed E-state index contributed by atoms with van der Waals surface area (Å²) in [5.41, 5.74) is 0. The molecule has 3 N–H and O–H groups in total. The first-order valence-electron chi connectivity index (χ1n) is 5.81. The highest BCUT2D eigenvalue weighted by Crippen LogP contribution is 2.00. The van der Waals surface area contributed by atoms with E-state index in [2.05, 4.69) is 15.4 Å². The zero-order valence-electron chi connectivity index (χ0n) is 10.7. The fraction of sp³-hybridized carbons (Fsp3) is 0.727. The topological polar surface area (TPSA) is 105 Å². The molecule has 0 unspecified atom stereocenters. The molecular formula is C11H20N2O5. The van der Waals surface area contributed by atoms with E-state index in [4.69, 9.17) is 5.11 Å². The maximum Gasteiger partial charge on any atom is 0.326 e. The fourth-order valence-corrected chi connectivity index (χ4v) is 1.27. The van der Waals surface area contributed by atoms with Gasteiger partial charge in [0.25, 0.3) is 0 Å². The molecule has 0 fully saturated rings.